The fourth-order valence-electron chi connectivity index (χ4n) is 0.906. The van der Waals surface area contributed by atoms with Gasteiger partial charge in [-0.05, 0) is 6.07 Å². The summed E-state index contributed by atoms with van der Waals surface area (Å²) in [6.07, 6.45) is 0. The molecule has 5 nitrogen and oxygen atoms in total. The van der Waals surface area contributed by atoms with Gasteiger partial charge in [0.25, 0.3) is 5.69 Å². The molecule has 0 aromatic heterocycles. The van der Waals surface area contributed by atoms with Crippen LogP contribution in [-0.4, -0.2) is 16.7 Å². The zero-order chi connectivity index (χ0) is 11.4. The van der Waals surface area contributed by atoms with Gasteiger partial charge in [-0.2, -0.15) is 0 Å². The van der Waals surface area contributed by atoms with Gasteiger partial charge in [0.2, 0.25) is 5.91 Å². The van der Waals surface area contributed by atoms with E-state index in [0.717, 1.165) is 18.2 Å². The number of nitro groups is 1. The van der Waals surface area contributed by atoms with Crippen molar-refractivity contribution in [3.8, 4) is 0 Å². The van der Waals surface area contributed by atoms with Crippen molar-refractivity contribution in [2.24, 2.45) is 0 Å². The Balaban J connectivity index is 3.00. The van der Waals surface area contributed by atoms with Gasteiger partial charge in [0.1, 0.15) is 11.7 Å². The number of alkyl halides is 1. The third-order valence-electron chi connectivity index (χ3n) is 1.56. The van der Waals surface area contributed by atoms with Crippen molar-refractivity contribution in [1.82, 2.24) is 0 Å². The summed E-state index contributed by atoms with van der Waals surface area (Å²) in [6.45, 7) is 0. The summed E-state index contributed by atoms with van der Waals surface area (Å²) in [5.41, 5.74) is -0.559. The number of hydrogen-bond donors (Lipinski definition) is 1. The average Bonchev–Trinajstić information content (AvgIpc) is 2.20. The van der Waals surface area contributed by atoms with E-state index in [4.69, 9.17) is 11.6 Å². The molecular formula is C8H6ClFN2O3. The summed E-state index contributed by atoms with van der Waals surface area (Å²) in [5, 5.41) is 12.5. The topological polar surface area (TPSA) is 72.2 Å². The summed E-state index contributed by atoms with van der Waals surface area (Å²) in [7, 11) is 0. The molecule has 0 aliphatic heterocycles. The zero-order valence-corrected chi connectivity index (χ0v) is 8.12. The first-order valence-corrected chi connectivity index (χ1v) is 4.38. The van der Waals surface area contributed by atoms with Crippen molar-refractivity contribution in [2.75, 3.05) is 11.2 Å². The van der Waals surface area contributed by atoms with Crippen LogP contribution in [0.4, 0.5) is 15.8 Å². The van der Waals surface area contributed by atoms with E-state index in [1.165, 1.54) is 0 Å². The number of nitrogens with one attached hydrogen (secondary N) is 1. The Morgan fingerprint density at radius 3 is 2.80 bits per heavy atom. The van der Waals surface area contributed by atoms with Crippen LogP contribution in [-0.2, 0) is 4.79 Å². The first kappa shape index (κ1) is 11.4. The third-order valence-corrected chi connectivity index (χ3v) is 1.80. The number of nitro benzene ring substituents is 1. The van der Waals surface area contributed by atoms with Crippen molar-refractivity contribution in [3.05, 3.63) is 34.1 Å². The third kappa shape index (κ3) is 2.88. The van der Waals surface area contributed by atoms with E-state index >= 15 is 0 Å². The zero-order valence-electron chi connectivity index (χ0n) is 7.37. The van der Waals surface area contributed by atoms with E-state index in [1.807, 2.05) is 0 Å². The van der Waals surface area contributed by atoms with Crippen LogP contribution in [0.15, 0.2) is 18.2 Å². The van der Waals surface area contributed by atoms with Gasteiger partial charge in [0.15, 0.2) is 0 Å². The molecule has 0 aliphatic carbocycles. The highest BCUT2D eigenvalue weighted by atomic mass is 35.5. The molecule has 7 heteroatoms. The lowest BCUT2D eigenvalue weighted by Crippen LogP contribution is -2.13. The Morgan fingerprint density at radius 2 is 2.27 bits per heavy atom. The van der Waals surface area contributed by atoms with Crippen LogP contribution in [0.1, 0.15) is 0 Å². The fourth-order valence-corrected chi connectivity index (χ4v) is 0.973. The molecule has 0 heterocycles. The predicted octanol–water partition coefficient (Wildman–Crippen LogP) is 1.91. The number of hydrogen-bond acceptors (Lipinski definition) is 3. The molecule has 0 fully saturated rings. The largest absolute Gasteiger partial charge is 0.322 e. The molecule has 0 saturated carbocycles. The number of carbonyl (C=O) groups excluding carboxylic acids is 1. The van der Waals surface area contributed by atoms with E-state index < -0.39 is 16.6 Å². The Kier molecular flexibility index (Phi) is 3.56. The molecule has 0 aliphatic rings. The monoisotopic (exact) mass is 232 g/mol. The lowest BCUT2D eigenvalue weighted by molar-refractivity contribution is -0.384. The molecule has 0 saturated heterocycles. The maximum atomic E-state index is 13.0. The molecule has 1 N–H and O–H groups in total. The minimum Gasteiger partial charge on any atom is -0.322 e. The van der Waals surface area contributed by atoms with Gasteiger partial charge in [-0.3, -0.25) is 14.9 Å². The number of non-ortho nitro benzene ring substituents is 1. The van der Waals surface area contributed by atoms with Gasteiger partial charge in [-0.25, -0.2) is 4.39 Å². The van der Waals surface area contributed by atoms with E-state index in [1.54, 1.807) is 0 Å². The van der Waals surface area contributed by atoms with Crippen molar-refractivity contribution < 1.29 is 14.1 Å². The molecule has 0 unspecified atom stereocenters. The lowest BCUT2D eigenvalue weighted by atomic mass is 10.2. The number of rotatable bonds is 3. The standard InChI is InChI=1S/C8H6ClFN2O3/c9-4-8(13)11-7-3-5(12(14)15)1-2-6(7)10/h1-3H,4H2,(H,11,13). The number of carbonyl (C=O) groups is 1. The van der Waals surface area contributed by atoms with E-state index in [0.29, 0.717) is 0 Å². The minimum atomic E-state index is -0.751. The molecular weight excluding hydrogens is 227 g/mol. The summed E-state index contributed by atoms with van der Waals surface area (Å²) in [5.74, 6) is -1.72. The van der Waals surface area contributed by atoms with Gasteiger partial charge in [0, 0.05) is 12.1 Å². The van der Waals surface area contributed by atoms with E-state index in [9.17, 15) is 19.3 Å². The normalized spacial score (nSPS) is 9.73. The Morgan fingerprint density at radius 1 is 1.60 bits per heavy atom. The molecule has 15 heavy (non-hydrogen) atoms. The fraction of sp³-hybridized carbons (Fsp3) is 0.125. The Hall–Kier alpha value is -1.69. The average molecular weight is 233 g/mol. The summed E-state index contributed by atoms with van der Waals surface area (Å²) < 4.78 is 13.0. The SMILES string of the molecule is O=C(CCl)Nc1cc([N+](=O)[O-])ccc1F. The Labute approximate surface area is 89.0 Å². The quantitative estimate of drug-likeness (QED) is 0.492. The van der Waals surface area contributed by atoms with Crippen LogP contribution >= 0.6 is 11.6 Å². The molecule has 0 atom stereocenters. The van der Waals surface area contributed by atoms with E-state index in [2.05, 4.69) is 5.32 Å². The maximum absolute atomic E-state index is 13.0. The Bertz CT molecular complexity index is 411. The molecule has 1 aromatic carbocycles. The molecule has 80 valence electrons. The van der Waals surface area contributed by atoms with Crippen molar-refractivity contribution in [2.45, 2.75) is 0 Å². The first-order valence-electron chi connectivity index (χ1n) is 3.84. The van der Waals surface area contributed by atoms with Gasteiger partial charge >= 0.3 is 0 Å². The van der Waals surface area contributed by atoms with Gasteiger partial charge in [-0.1, -0.05) is 0 Å². The highest BCUT2D eigenvalue weighted by Crippen LogP contribution is 2.21. The number of halogens is 2. The van der Waals surface area contributed by atoms with Crippen LogP contribution in [0.5, 0.6) is 0 Å². The van der Waals surface area contributed by atoms with Crippen molar-refractivity contribution in [1.29, 1.82) is 0 Å². The molecule has 0 radical (unpaired) electrons. The van der Waals surface area contributed by atoms with Crippen LogP contribution in [0.3, 0.4) is 0 Å². The number of benzene rings is 1. The minimum absolute atomic E-state index is 0.255. The van der Waals surface area contributed by atoms with Crippen LogP contribution in [0, 0.1) is 15.9 Å². The second-order valence-corrected chi connectivity index (χ2v) is 2.87. The smallest absolute Gasteiger partial charge is 0.271 e. The molecule has 0 bridgehead atoms. The lowest BCUT2D eigenvalue weighted by Gasteiger charge is -2.03. The second-order valence-electron chi connectivity index (χ2n) is 2.60. The van der Waals surface area contributed by atoms with Crippen molar-refractivity contribution >= 4 is 28.9 Å². The summed E-state index contributed by atoms with van der Waals surface area (Å²) >= 11 is 5.19. The summed E-state index contributed by atoms with van der Waals surface area (Å²) in [6, 6.07) is 2.84. The van der Waals surface area contributed by atoms with Crippen LogP contribution < -0.4 is 5.32 Å². The first-order chi connectivity index (χ1) is 7.04. The maximum Gasteiger partial charge on any atom is 0.271 e. The van der Waals surface area contributed by atoms with Gasteiger partial charge in [-0.15, -0.1) is 11.6 Å². The number of anilines is 1. The molecule has 1 amide bonds. The molecule has 1 rings (SSSR count). The highest BCUT2D eigenvalue weighted by Gasteiger charge is 2.12. The van der Waals surface area contributed by atoms with Crippen LogP contribution in [0.2, 0.25) is 0 Å². The summed E-state index contributed by atoms with van der Waals surface area (Å²) in [4.78, 5) is 20.5. The molecule has 1 aromatic rings. The van der Waals surface area contributed by atoms with Gasteiger partial charge in [0.05, 0.1) is 10.6 Å². The second kappa shape index (κ2) is 4.70. The molecule has 0 spiro atoms. The van der Waals surface area contributed by atoms with E-state index in [-0.39, 0.29) is 17.3 Å². The van der Waals surface area contributed by atoms with Crippen molar-refractivity contribution in [3.63, 3.8) is 0 Å². The number of nitrogens with zero attached hydrogens (tertiary/aromatic N) is 1. The van der Waals surface area contributed by atoms with Gasteiger partial charge < -0.3 is 5.32 Å². The van der Waals surface area contributed by atoms with Crippen LogP contribution in [0.25, 0.3) is 0 Å². The highest BCUT2D eigenvalue weighted by molar-refractivity contribution is 6.29. The predicted molar refractivity (Wildman–Crippen MR) is 52.4 cm³/mol. The number of amides is 1.